The third-order valence-corrected chi connectivity index (χ3v) is 3.05. The number of aromatic carboxylic acids is 1. The number of hydrogen-bond donors (Lipinski definition) is 1. The summed E-state index contributed by atoms with van der Waals surface area (Å²) in [6.45, 7) is 6.33. The zero-order valence-corrected chi connectivity index (χ0v) is 11.5. The molecule has 0 saturated carbocycles. The van der Waals surface area contributed by atoms with Crippen molar-refractivity contribution >= 4 is 17.7 Å². The van der Waals surface area contributed by atoms with Gasteiger partial charge < -0.3 is 9.84 Å². The molecule has 3 nitrogen and oxygen atoms in total. The molecule has 0 fully saturated rings. The first kappa shape index (κ1) is 15.0. The van der Waals surface area contributed by atoms with Crippen molar-refractivity contribution in [3.63, 3.8) is 0 Å². The smallest absolute Gasteiger partial charge is 0.335 e. The van der Waals surface area contributed by atoms with Crippen molar-refractivity contribution in [2.24, 2.45) is 0 Å². The third kappa shape index (κ3) is 5.06. The summed E-state index contributed by atoms with van der Waals surface area (Å²) in [7, 11) is 0. The molecular formula is C13H17FO3S. The van der Waals surface area contributed by atoms with Crippen LogP contribution < -0.4 is 0 Å². The molecule has 1 rings (SSSR count). The number of benzene rings is 1. The average Bonchev–Trinajstić information content (AvgIpc) is 2.24. The monoisotopic (exact) mass is 272 g/mol. The van der Waals surface area contributed by atoms with E-state index >= 15 is 0 Å². The van der Waals surface area contributed by atoms with Gasteiger partial charge in [0, 0.05) is 10.6 Å². The van der Waals surface area contributed by atoms with Gasteiger partial charge in [0.1, 0.15) is 5.82 Å². The number of carbonyl (C=O) groups is 1. The summed E-state index contributed by atoms with van der Waals surface area (Å²) >= 11 is 1.26. The summed E-state index contributed by atoms with van der Waals surface area (Å²) in [6, 6.07) is 3.78. The Balaban J connectivity index is 2.56. The summed E-state index contributed by atoms with van der Waals surface area (Å²) in [5, 5.41) is 8.82. The molecule has 0 atom stereocenters. The number of rotatable bonds is 5. The van der Waals surface area contributed by atoms with Gasteiger partial charge in [0.05, 0.1) is 17.8 Å². The lowest BCUT2D eigenvalue weighted by atomic mass is 10.2. The summed E-state index contributed by atoms with van der Waals surface area (Å²) in [6.07, 6.45) is 0. The maximum absolute atomic E-state index is 13.4. The molecule has 0 aliphatic carbocycles. The highest BCUT2D eigenvalue weighted by atomic mass is 32.2. The summed E-state index contributed by atoms with van der Waals surface area (Å²) in [4.78, 5) is 11.1. The van der Waals surface area contributed by atoms with E-state index in [0.29, 0.717) is 17.3 Å². The molecule has 1 aromatic carbocycles. The van der Waals surface area contributed by atoms with Crippen LogP contribution in [-0.2, 0) is 4.74 Å². The Morgan fingerprint density at radius 3 is 2.67 bits per heavy atom. The summed E-state index contributed by atoms with van der Waals surface area (Å²) in [5.74, 6) is -0.874. The van der Waals surface area contributed by atoms with Gasteiger partial charge in [-0.1, -0.05) is 0 Å². The fourth-order valence-electron chi connectivity index (χ4n) is 1.25. The van der Waals surface area contributed by atoms with Crippen molar-refractivity contribution in [1.82, 2.24) is 0 Å². The van der Waals surface area contributed by atoms with Crippen molar-refractivity contribution < 1.29 is 19.0 Å². The first-order chi connectivity index (χ1) is 8.29. The van der Waals surface area contributed by atoms with Crippen LogP contribution in [-0.4, -0.2) is 29.0 Å². The second kappa shape index (κ2) is 6.20. The van der Waals surface area contributed by atoms with E-state index in [9.17, 15) is 9.18 Å². The van der Waals surface area contributed by atoms with Crippen LogP contribution in [0.1, 0.15) is 31.1 Å². The van der Waals surface area contributed by atoms with Gasteiger partial charge in [-0.3, -0.25) is 0 Å². The minimum Gasteiger partial charge on any atom is -0.478 e. The number of halogens is 1. The van der Waals surface area contributed by atoms with E-state index in [4.69, 9.17) is 9.84 Å². The van der Waals surface area contributed by atoms with Gasteiger partial charge in [-0.25, -0.2) is 9.18 Å². The van der Waals surface area contributed by atoms with Crippen LogP contribution in [0.5, 0.6) is 0 Å². The molecule has 5 heteroatoms. The lowest BCUT2D eigenvalue weighted by Gasteiger charge is -2.19. The summed E-state index contributed by atoms with van der Waals surface area (Å²) < 4.78 is 18.9. The predicted molar refractivity (Wildman–Crippen MR) is 69.8 cm³/mol. The second-order valence-electron chi connectivity index (χ2n) is 4.76. The largest absolute Gasteiger partial charge is 0.478 e. The molecule has 1 N–H and O–H groups in total. The molecule has 0 aromatic heterocycles. The van der Waals surface area contributed by atoms with Crippen molar-refractivity contribution in [2.45, 2.75) is 31.3 Å². The molecule has 0 saturated heterocycles. The van der Waals surface area contributed by atoms with E-state index in [0.717, 1.165) is 0 Å². The van der Waals surface area contributed by atoms with Gasteiger partial charge in [0.2, 0.25) is 0 Å². The van der Waals surface area contributed by atoms with E-state index in [-0.39, 0.29) is 11.2 Å². The maximum Gasteiger partial charge on any atom is 0.335 e. The van der Waals surface area contributed by atoms with Gasteiger partial charge >= 0.3 is 5.97 Å². The highest BCUT2D eigenvalue weighted by Crippen LogP contribution is 2.23. The van der Waals surface area contributed by atoms with Gasteiger partial charge in [0.15, 0.2) is 0 Å². The number of carboxylic acid groups (broad SMARTS) is 1. The Bertz CT molecular complexity index is 427. The zero-order valence-electron chi connectivity index (χ0n) is 10.7. The lowest BCUT2D eigenvalue weighted by Crippen LogP contribution is -2.20. The number of ether oxygens (including phenoxy) is 1. The predicted octanol–water partition coefficient (Wildman–Crippen LogP) is 3.43. The molecule has 0 unspecified atom stereocenters. The second-order valence-corrected chi connectivity index (χ2v) is 5.90. The molecule has 0 bridgehead atoms. The normalized spacial score (nSPS) is 11.6. The minimum absolute atomic E-state index is 0.0932. The van der Waals surface area contributed by atoms with Gasteiger partial charge in [-0.2, -0.15) is 0 Å². The Kier molecular flexibility index (Phi) is 5.16. The fraction of sp³-hybridized carbons (Fsp3) is 0.462. The van der Waals surface area contributed by atoms with Crippen LogP contribution in [0.2, 0.25) is 0 Å². The third-order valence-electron chi connectivity index (χ3n) is 2.05. The van der Waals surface area contributed by atoms with Crippen LogP contribution in [0.4, 0.5) is 4.39 Å². The Morgan fingerprint density at radius 2 is 2.11 bits per heavy atom. The first-order valence-electron chi connectivity index (χ1n) is 5.59. The molecule has 0 heterocycles. The van der Waals surface area contributed by atoms with Crippen LogP contribution in [0, 0.1) is 5.82 Å². The quantitative estimate of drug-likeness (QED) is 0.659. The van der Waals surface area contributed by atoms with Crippen LogP contribution in [0.15, 0.2) is 23.1 Å². The van der Waals surface area contributed by atoms with Crippen LogP contribution in [0.3, 0.4) is 0 Å². The Morgan fingerprint density at radius 1 is 1.44 bits per heavy atom. The fourth-order valence-corrected chi connectivity index (χ4v) is 2.05. The molecule has 0 radical (unpaired) electrons. The van der Waals surface area contributed by atoms with E-state index in [1.165, 1.54) is 30.0 Å². The zero-order chi connectivity index (χ0) is 13.8. The first-order valence-corrected chi connectivity index (χ1v) is 6.58. The molecule has 1 aromatic rings. The van der Waals surface area contributed by atoms with Crippen molar-refractivity contribution in [2.75, 3.05) is 12.4 Å². The number of thioether (sulfide) groups is 1. The standard InChI is InChI=1S/C13H17FO3S/c1-13(2,3)17-6-7-18-11-8-9(12(15)16)4-5-10(11)14/h4-5,8H,6-7H2,1-3H3,(H,15,16). The van der Waals surface area contributed by atoms with E-state index in [1.54, 1.807) is 0 Å². The molecule has 0 aliphatic heterocycles. The van der Waals surface area contributed by atoms with Crippen molar-refractivity contribution in [3.05, 3.63) is 29.6 Å². The molecule has 100 valence electrons. The minimum atomic E-state index is -1.05. The van der Waals surface area contributed by atoms with Crippen LogP contribution in [0.25, 0.3) is 0 Å². The average molecular weight is 272 g/mol. The summed E-state index contributed by atoms with van der Waals surface area (Å²) in [5.41, 5.74) is -0.127. The van der Waals surface area contributed by atoms with Crippen LogP contribution >= 0.6 is 11.8 Å². The topological polar surface area (TPSA) is 46.5 Å². The van der Waals surface area contributed by atoms with E-state index in [1.807, 2.05) is 20.8 Å². The van der Waals surface area contributed by atoms with Gasteiger partial charge in [-0.15, -0.1) is 11.8 Å². The van der Waals surface area contributed by atoms with Crippen molar-refractivity contribution in [3.8, 4) is 0 Å². The lowest BCUT2D eigenvalue weighted by molar-refractivity contribution is 0.00694. The molecular weight excluding hydrogens is 255 g/mol. The SMILES string of the molecule is CC(C)(C)OCCSc1cc(C(=O)O)ccc1F. The highest BCUT2D eigenvalue weighted by Gasteiger charge is 2.11. The highest BCUT2D eigenvalue weighted by molar-refractivity contribution is 7.99. The Labute approximate surface area is 110 Å². The van der Waals surface area contributed by atoms with E-state index in [2.05, 4.69) is 0 Å². The molecule has 0 spiro atoms. The van der Waals surface area contributed by atoms with Gasteiger partial charge in [0.25, 0.3) is 0 Å². The Hall–Kier alpha value is -1.07. The number of carboxylic acids is 1. The number of hydrogen-bond acceptors (Lipinski definition) is 3. The van der Waals surface area contributed by atoms with Gasteiger partial charge in [-0.05, 0) is 39.0 Å². The molecule has 0 aliphatic rings. The van der Waals surface area contributed by atoms with E-state index < -0.39 is 11.8 Å². The molecule has 0 amide bonds. The van der Waals surface area contributed by atoms with Crippen molar-refractivity contribution in [1.29, 1.82) is 0 Å². The molecule has 18 heavy (non-hydrogen) atoms. The maximum atomic E-state index is 13.4.